The molecule has 2 rings (SSSR count). The molecule has 0 fully saturated rings. The van der Waals surface area contributed by atoms with Crippen molar-refractivity contribution >= 4 is 17.5 Å². The molecule has 2 aromatic rings. The van der Waals surface area contributed by atoms with Crippen molar-refractivity contribution in [2.24, 2.45) is 5.41 Å². The Bertz CT molecular complexity index is 874. The largest absolute Gasteiger partial charge is 0.493 e. The Hall–Kier alpha value is -2.82. The van der Waals surface area contributed by atoms with Crippen LogP contribution in [0.5, 0.6) is 5.75 Å². The minimum absolute atomic E-state index is 0.107. The monoisotopic (exact) mass is 410 g/mol. The fourth-order valence-corrected chi connectivity index (χ4v) is 3.09. The SMILES string of the molecule is CCCNC(=O)c1ccccc1NC(=O)C(C)(C)CCCOc1cc(C)ccc1C. The van der Waals surface area contributed by atoms with E-state index in [2.05, 4.69) is 22.8 Å². The lowest BCUT2D eigenvalue weighted by molar-refractivity contribution is -0.124. The smallest absolute Gasteiger partial charge is 0.253 e. The number of ether oxygens (including phenoxy) is 1. The van der Waals surface area contributed by atoms with Gasteiger partial charge in [-0.05, 0) is 62.4 Å². The van der Waals surface area contributed by atoms with Crippen molar-refractivity contribution in [1.29, 1.82) is 0 Å². The summed E-state index contributed by atoms with van der Waals surface area (Å²) in [5, 5.41) is 5.80. The van der Waals surface area contributed by atoms with E-state index in [1.807, 2.05) is 46.8 Å². The van der Waals surface area contributed by atoms with Crippen molar-refractivity contribution in [3.05, 3.63) is 59.2 Å². The van der Waals surface area contributed by atoms with Gasteiger partial charge in [-0.15, -0.1) is 0 Å². The van der Waals surface area contributed by atoms with Crippen LogP contribution in [0.25, 0.3) is 0 Å². The van der Waals surface area contributed by atoms with E-state index in [1.165, 1.54) is 0 Å². The fourth-order valence-electron chi connectivity index (χ4n) is 3.09. The number of benzene rings is 2. The molecule has 162 valence electrons. The van der Waals surface area contributed by atoms with Gasteiger partial charge in [0.1, 0.15) is 5.75 Å². The third-order valence-electron chi connectivity index (χ3n) is 5.12. The summed E-state index contributed by atoms with van der Waals surface area (Å²) < 4.78 is 5.91. The van der Waals surface area contributed by atoms with E-state index < -0.39 is 5.41 Å². The standard InChI is InChI=1S/C25H34N2O3/c1-6-15-26-23(28)20-10-7-8-11-21(20)27-24(29)25(4,5)14-9-16-30-22-17-18(2)12-13-19(22)3/h7-8,10-13,17H,6,9,14-16H2,1-5H3,(H,26,28)(H,27,29). The van der Waals surface area contributed by atoms with Gasteiger partial charge in [-0.25, -0.2) is 0 Å². The number of nitrogens with one attached hydrogen (secondary N) is 2. The summed E-state index contributed by atoms with van der Waals surface area (Å²) in [7, 11) is 0. The first-order valence-corrected chi connectivity index (χ1v) is 10.6. The molecule has 0 bridgehead atoms. The number of para-hydroxylation sites is 1. The lowest BCUT2D eigenvalue weighted by atomic mass is 9.86. The topological polar surface area (TPSA) is 67.4 Å². The first-order valence-electron chi connectivity index (χ1n) is 10.6. The van der Waals surface area contributed by atoms with E-state index >= 15 is 0 Å². The first kappa shape index (κ1) is 23.5. The molecule has 0 heterocycles. The summed E-state index contributed by atoms with van der Waals surface area (Å²) in [6, 6.07) is 13.3. The lowest BCUT2D eigenvalue weighted by Crippen LogP contribution is -2.32. The molecular formula is C25H34N2O3. The highest BCUT2D eigenvalue weighted by Crippen LogP contribution is 2.27. The molecule has 0 saturated carbocycles. The van der Waals surface area contributed by atoms with E-state index in [9.17, 15) is 9.59 Å². The van der Waals surface area contributed by atoms with Gasteiger partial charge in [-0.3, -0.25) is 9.59 Å². The summed E-state index contributed by atoms with van der Waals surface area (Å²) in [5.74, 6) is 0.613. The Morgan fingerprint density at radius 3 is 2.53 bits per heavy atom. The zero-order chi connectivity index (χ0) is 22.1. The molecule has 2 amide bonds. The van der Waals surface area contributed by atoms with Crippen LogP contribution in [0.4, 0.5) is 5.69 Å². The molecule has 0 saturated heterocycles. The summed E-state index contributed by atoms with van der Waals surface area (Å²) in [6.45, 7) is 11.1. The number of carbonyl (C=O) groups excluding carboxylic acids is 2. The van der Waals surface area contributed by atoms with Crippen molar-refractivity contribution in [2.45, 2.75) is 53.9 Å². The molecule has 0 aliphatic carbocycles. The number of hydrogen-bond donors (Lipinski definition) is 2. The van der Waals surface area contributed by atoms with Crippen molar-refractivity contribution < 1.29 is 14.3 Å². The Morgan fingerprint density at radius 2 is 1.80 bits per heavy atom. The highest BCUT2D eigenvalue weighted by molar-refractivity contribution is 6.04. The lowest BCUT2D eigenvalue weighted by Gasteiger charge is -2.24. The molecule has 0 atom stereocenters. The molecular weight excluding hydrogens is 376 g/mol. The number of hydrogen-bond acceptors (Lipinski definition) is 3. The minimum Gasteiger partial charge on any atom is -0.493 e. The predicted octanol–water partition coefficient (Wildman–Crippen LogP) is 5.27. The van der Waals surface area contributed by atoms with Crippen LogP contribution in [0, 0.1) is 19.3 Å². The number of rotatable bonds is 10. The van der Waals surface area contributed by atoms with Gasteiger partial charge >= 0.3 is 0 Å². The van der Waals surface area contributed by atoms with Crippen LogP contribution in [-0.2, 0) is 4.79 Å². The second-order valence-electron chi connectivity index (χ2n) is 8.36. The Labute approximate surface area is 180 Å². The van der Waals surface area contributed by atoms with E-state index in [1.54, 1.807) is 18.2 Å². The summed E-state index contributed by atoms with van der Waals surface area (Å²) in [5.41, 5.74) is 2.70. The highest BCUT2D eigenvalue weighted by Gasteiger charge is 2.28. The van der Waals surface area contributed by atoms with Crippen LogP contribution in [0.3, 0.4) is 0 Å². The Kier molecular flexibility index (Phi) is 8.46. The van der Waals surface area contributed by atoms with Gasteiger partial charge in [0.15, 0.2) is 0 Å². The van der Waals surface area contributed by atoms with E-state index in [0.717, 1.165) is 29.7 Å². The van der Waals surface area contributed by atoms with Crippen molar-refractivity contribution in [2.75, 3.05) is 18.5 Å². The average molecular weight is 411 g/mol. The molecule has 5 nitrogen and oxygen atoms in total. The van der Waals surface area contributed by atoms with Crippen LogP contribution in [0.2, 0.25) is 0 Å². The first-order chi connectivity index (χ1) is 14.2. The molecule has 5 heteroatoms. The summed E-state index contributed by atoms with van der Waals surface area (Å²) in [4.78, 5) is 25.3. The summed E-state index contributed by atoms with van der Waals surface area (Å²) in [6.07, 6.45) is 2.29. The van der Waals surface area contributed by atoms with Gasteiger partial charge in [-0.1, -0.05) is 45.0 Å². The van der Waals surface area contributed by atoms with Gasteiger partial charge in [-0.2, -0.15) is 0 Å². The zero-order valence-electron chi connectivity index (χ0n) is 18.8. The molecule has 30 heavy (non-hydrogen) atoms. The Balaban J connectivity index is 1.93. The number of aryl methyl sites for hydroxylation is 2. The van der Waals surface area contributed by atoms with E-state index in [-0.39, 0.29) is 11.8 Å². The van der Waals surface area contributed by atoms with Crippen LogP contribution >= 0.6 is 0 Å². The molecule has 0 spiro atoms. The maximum absolute atomic E-state index is 12.9. The molecule has 2 aromatic carbocycles. The molecule has 2 N–H and O–H groups in total. The number of anilines is 1. The van der Waals surface area contributed by atoms with Gasteiger partial charge in [0.05, 0.1) is 17.9 Å². The zero-order valence-corrected chi connectivity index (χ0v) is 18.8. The van der Waals surface area contributed by atoms with Crippen molar-refractivity contribution in [1.82, 2.24) is 5.32 Å². The van der Waals surface area contributed by atoms with E-state index in [4.69, 9.17) is 4.74 Å². The molecule has 0 unspecified atom stereocenters. The third-order valence-corrected chi connectivity index (χ3v) is 5.12. The normalized spacial score (nSPS) is 11.1. The Morgan fingerprint density at radius 1 is 1.07 bits per heavy atom. The molecule has 0 aliphatic rings. The minimum atomic E-state index is -0.585. The maximum Gasteiger partial charge on any atom is 0.253 e. The fraction of sp³-hybridized carbons (Fsp3) is 0.440. The van der Waals surface area contributed by atoms with Crippen LogP contribution in [0.15, 0.2) is 42.5 Å². The van der Waals surface area contributed by atoms with E-state index in [0.29, 0.717) is 30.8 Å². The maximum atomic E-state index is 12.9. The number of amides is 2. The third kappa shape index (κ3) is 6.61. The van der Waals surface area contributed by atoms with Gasteiger partial charge in [0.25, 0.3) is 5.91 Å². The van der Waals surface area contributed by atoms with Gasteiger partial charge in [0, 0.05) is 12.0 Å². The number of carbonyl (C=O) groups is 2. The average Bonchev–Trinajstić information content (AvgIpc) is 2.72. The molecule has 0 aromatic heterocycles. The van der Waals surface area contributed by atoms with Crippen molar-refractivity contribution in [3.63, 3.8) is 0 Å². The molecule has 0 radical (unpaired) electrons. The van der Waals surface area contributed by atoms with Crippen molar-refractivity contribution in [3.8, 4) is 5.75 Å². The van der Waals surface area contributed by atoms with Crippen LogP contribution < -0.4 is 15.4 Å². The summed E-state index contributed by atoms with van der Waals surface area (Å²) >= 11 is 0. The molecule has 0 aliphatic heterocycles. The predicted molar refractivity (Wildman–Crippen MR) is 122 cm³/mol. The van der Waals surface area contributed by atoms with Gasteiger partial charge in [0.2, 0.25) is 5.91 Å². The second-order valence-corrected chi connectivity index (χ2v) is 8.36. The van der Waals surface area contributed by atoms with Crippen LogP contribution in [-0.4, -0.2) is 25.0 Å². The second kappa shape index (κ2) is 10.8. The highest BCUT2D eigenvalue weighted by atomic mass is 16.5. The van der Waals surface area contributed by atoms with Gasteiger partial charge < -0.3 is 15.4 Å². The quantitative estimate of drug-likeness (QED) is 0.525. The van der Waals surface area contributed by atoms with Crippen LogP contribution in [0.1, 0.15) is 61.5 Å².